The Morgan fingerprint density at radius 2 is 2.05 bits per heavy atom. The molecule has 3 atom stereocenters. The predicted octanol–water partition coefficient (Wildman–Crippen LogP) is 2.80. The van der Waals surface area contributed by atoms with E-state index in [1.807, 2.05) is 11.8 Å². The second kappa shape index (κ2) is 8.14. The third kappa shape index (κ3) is 5.59. The van der Waals surface area contributed by atoms with E-state index in [9.17, 15) is 4.79 Å². The number of carbonyl (C=O) groups is 1. The summed E-state index contributed by atoms with van der Waals surface area (Å²) in [5.41, 5.74) is 5.94. The van der Waals surface area contributed by atoms with E-state index >= 15 is 0 Å². The van der Waals surface area contributed by atoms with Gasteiger partial charge in [0.2, 0.25) is 5.91 Å². The maximum Gasteiger partial charge on any atom is 0.222 e. The van der Waals surface area contributed by atoms with Gasteiger partial charge in [-0.05, 0) is 44.1 Å². The molecule has 1 aliphatic rings. The Labute approximate surface area is 130 Å². The maximum atomic E-state index is 12.6. The van der Waals surface area contributed by atoms with Crippen LogP contribution < -0.4 is 5.73 Å². The summed E-state index contributed by atoms with van der Waals surface area (Å²) >= 11 is 0. The van der Waals surface area contributed by atoms with Crippen LogP contribution in [0.4, 0.5) is 0 Å². The number of carbonyl (C=O) groups excluding carboxylic acids is 1. The lowest BCUT2D eigenvalue weighted by Crippen LogP contribution is -2.51. The van der Waals surface area contributed by atoms with Crippen LogP contribution in [-0.2, 0) is 9.53 Å². The van der Waals surface area contributed by atoms with E-state index in [2.05, 4.69) is 27.7 Å². The van der Waals surface area contributed by atoms with Crippen molar-refractivity contribution < 1.29 is 9.53 Å². The Balaban J connectivity index is 2.58. The van der Waals surface area contributed by atoms with E-state index in [4.69, 9.17) is 10.5 Å². The third-order valence-corrected chi connectivity index (χ3v) is 4.71. The van der Waals surface area contributed by atoms with Crippen LogP contribution in [0.3, 0.4) is 0 Å². The second-order valence-corrected chi connectivity index (χ2v) is 7.43. The van der Waals surface area contributed by atoms with Crippen molar-refractivity contribution in [1.82, 2.24) is 4.90 Å². The molecule has 21 heavy (non-hydrogen) atoms. The van der Waals surface area contributed by atoms with Gasteiger partial charge < -0.3 is 15.4 Å². The second-order valence-electron chi connectivity index (χ2n) is 7.43. The summed E-state index contributed by atoms with van der Waals surface area (Å²) < 4.78 is 5.67. The minimum Gasteiger partial charge on any atom is -0.375 e. The van der Waals surface area contributed by atoms with Crippen LogP contribution in [0, 0.1) is 11.3 Å². The first kappa shape index (κ1) is 18.4. The zero-order chi connectivity index (χ0) is 16.0. The van der Waals surface area contributed by atoms with Crippen LogP contribution in [0.25, 0.3) is 0 Å². The molecule has 2 N–H and O–H groups in total. The van der Waals surface area contributed by atoms with Crippen molar-refractivity contribution in [3.63, 3.8) is 0 Å². The number of ether oxygens (including phenoxy) is 1. The van der Waals surface area contributed by atoms with Crippen LogP contribution in [0.5, 0.6) is 0 Å². The molecule has 1 aliphatic heterocycles. The topological polar surface area (TPSA) is 55.6 Å². The summed E-state index contributed by atoms with van der Waals surface area (Å²) in [6.45, 7) is 13.0. The first-order valence-electron chi connectivity index (χ1n) is 8.40. The summed E-state index contributed by atoms with van der Waals surface area (Å²) in [5, 5.41) is 0. The number of nitrogens with two attached hydrogens (primary N) is 1. The average molecular weight is 298 g/mol. The smallest absolute Gasteiger partial charge is 0.222 e. The van der Waals surface area contributed by atoms with Crippen LogP contribution >= 0.6 is 0 Å². The molecule has 1 heterocycles. The van der Waals surface area contributed by atoms with Crippen LogP contribution in [0.1, 0.15) is 60.3 Å². The quantitative estimate of drug-likeness (QED) is 0.820. The molecule has 4 heteroatoms. The van der Waals surface area contributed by atoms with Crippen LogP contribution in [-0.4, -0.2) is 42.6 Å². The van der Waals surface area contributed by atoms with E-state index in [1.54, 1.807) is 0 Å². The number of hydrogen-bond donors (Lipinski definition) is 1. The minimum atomic E-state index is 0.152. The highest BCUT2D eigenvalue weighted by Gasteiger charge is 2.30. The molecule has 0 radical (unpaired) electrons. The van der Waals surface area contributed by atoms with Gasteiger partial charge in [-0.25, -0.2) is 0 Å². The zero-order valence-corrected chi connectivity index (χ0v) is 14.5. The molecule has 1 saturated heterocycles. The standard InChI is InChI=1S/C17H34N2O2/c1-6-15-12-21-13(2)11-19(15)16(20)8-7-14(9-10-18)17(3,4)5/h13-15H,6-12,18H2,1-5H3. The molecule has 0 aromatic heterocycles. The van der Waals surface area contributed by atoms with Crippen molar-refractivity contribution in [3.8, 4) is 0 Å². The Morgan fingerprint density at radius 3 is 2.57 bits per heavy atom. The maximum absolute atomic E-state index is 12.6. The normalized spacial score (nSPS) is 25.0. The van der Waals surface area contributed by atoms with Crippen LogP contribution in [0.2, 0.25) is 0 Å². The molecule has 0 aromatic rings. The monoisotopic (exact) mass is 298 g/mol. The van der Waals surface area contributed by atoms with Gasteiger partial charge in [-0.3, -0.25) is 4.79 Å². The lowest BCUT2D eigenvalue weighted by Gasteiger charge is -2.39. The van der Waals surface area contributed by atoms with Gasteiger partial charge in [-0.2, -0.15) is 0 Å². The molecule has 1 rings (SSSR count). The Morgan fingerprint density at radius 1 is 1.38 bits per heavy atom. The van der Waals surface area contributed by atoms with Crippen molar-refractivity contribution in [3.05, 3.63) is 0 Å². The van der Waals surface area contributed by atoms with Gasteiger partial charge in [0.1, 0.15) is 0 Å². The van der Waals surface area contributed by atoms with Gasteiger partial charge >= 0.3 is 0 Å². The predicted molar refractivity (Wildman–Crippen MR) is 87.1 cm³/mol. The van der Waals surface area contributed by atoms with Gasteiger partial charge in [0.05, 0.1) is 18.8 Å². The lowest BCUT2D eigenvalue weighted by molar-refractivity contribution is -0.144. The van der Waals surface area contributed by atoms with Crippen molar-refractivity contribution in [1.29, 1.82) is 0 Å². The average Bonchev–Trinajstić information content (AvgIpc) is 2.41. The van der Waals surface area contributed by atoms with Gasteiger partial charge in [-0.15, -0.1) is 0 Å². The highest BCUT2D eigenvalue weighted by Crippen LogP contribution is 2.32. The molecule has 0 saturated carbocycles. The highest BCUT2D eigenvalue weighted by molar-refractivity contribution is 5.76. The van der Waals surface area contributed by atoms with Gasteiger partial charge in [0.25, 0.3) is 0 Å². The SMILES string of the molecule is CCC1COC(C)CN1C(=O)CCC(CCN)C(C)(C)C. The number of nitrogens with zero attached hydrogens (tertiary/aromatic N) is 1. The summed E-state index contributed by atoms with van der Waals surface area (Å²) in [7, 11) is 0. The summed E-state index contributed by atoms with van der Waals surface area (Å²) in [6.07, 6.45) is 3.67. The van der Waals surface area contributed by atoms with E-state index in [-0.39, 0.29) is 23.5 Å². The fourth-order valence-electron chi connectivity index (χ4n) is 3.14. The fraction of sp³-hybridized carbons (Fsp3) is 0.941. The molecule has 0 aromatic carbocycles. The van der Waals surface area contributed by atoms with Gasteiger partial charge in [0.15, 0.2) is 0 Å². The summed E-state index contributed by atoms with van der Waals surface area (Å²) in [4.78, 5) is 14.6. The molecule has 3 unspecified atom stereocenters. The van der Waals surface area contributed by atoms with E-state index in [1.165, 1.54) is 0 Å². The Bertz CT molecular complexity index is 325. The highest BCUT2D eigenvalue weighted by atomic mass is 16.5. The number of rotatable bonds is 6. The molecular formula is C17H34N2O2. The van der Waals surface area contributed by atoms with Gasteiger partial charge in [0, 0.05) is 13.0 Å². The molecule has 1 amide bonds. The number of hydrogen-bond acceptors (Lipinski definition) is 3. The molecular weight excluding hydrogens is 264 g/mol. The van der Waals surface area contributed by atoms with Crippen molar-refractivity contribution in [2.45, 2.75) is 72.4 Å². The van der Waals surface area contributed by atoms with Gasteiger partial charge in [-0.1, -0.05) is 27.7 Å². The molecule has 1 fully saturated rings. The van der Waals surface area contributed by atoms with Crippen molar-refractivity contribution in [2.75, 3.05) is 19.7 Å². The van der Waals surface area contributed by atoms with Crippen molar-refractivity contribution in [2.24, 2.45) is 17.1 Å². The van der Waals surface area contributed by atoms with E-state index in [0.717, 1.165) is 25.8 Å². The Hall–Kier alpha value is -0.610. The molecule has 0 spiro atoms. The summed E-state index contributed by atoms with van der Waals surface area (Å²) in [5.74, 6) is 0.785. The minimum absolute atomic E-state index is 0.152. The first-order chi connectivity index (χ1) is 9.79. The molecule has 124 valence electrons. The third-order valence-electron chi connectivity index (χ3n) is 4.71. The number of amides is 1. The molecule has 4 nitrogen and oxygen atoms in total. The van der Waals surface area contributed by atoms with E-state index in [0.29, 0.717) is 25.5 Å². The largest absolute Gasteiger partial charge is 0.375 e. The Kier molecular flexibility index (Phi) is 7.14. The molecule has 0 aliphatic carbocycles. The summed E-state index contributed by atoms with van der Waals surface area (Å²) in [6, 6.07) is 0.247. The molecule has 0 bridgehead atoms. The lowest BCUT2D eigenvalue weighted by atomic mass is 9.76. The van der Waals surface area contributed by atoms with Crippen LogP contribution in [0.15, 0.2) is 0 Å². The van der Waals surface area contributed by atoms with E-state index < -0.39 is 0 Å². The fourth-order valence-corrected chi connectivity index (χ4v) is 3.14. The zero-order valence-electron chi connectivity index (χ0n) is 14.5. The number of morpholine rings is 1. The first-order valence-corrected chi connectivity index (χ1v) is 8.40. The van der Waals surface area contributed by atoms with Crippen molar-refractivity contribution >= 4 is 5.91 Å².